The van der Waals surface area contributed by atoms with Crippen LogP contribution in [0.25, 0.3) is 0 Å². The molecule has 0 aromatic carbocycles. The molecule has 0 spiro atoms. The van der Waals surface area contributed by atoms with Crippen molar-refractivity contribution in [2.24, 2.45) is 0 Å². The normalized spacial score (nSPS) is 15.4. The first-order valence-corrected chi connectivity index (χ1v) is 5.94. The van der Waals surface area contributed by atoms with E-state index in [0.29, 0.717) is 18.6 Å². The summed E-state index contributed by atoms with van der Waals surface area (Å²) in [6.45, 7) is 5.71. The first kappa shape index (κ1) is 13.0. The van der Waals surface area contributed by atoms with Gasteiger partial charge in [0.2, 0.25) is 0 Å². The van der Waals surface area contributed by atoms with Crippen LogP contribution in [0.5, 0.6) is 0 Å². The zero-order chi connectivity index (χ0) is 10.3. The Morgan fingerprint density at radius 1 is 1.46 bits per heavy atom. The van der Waals surface area contributed by atoms with Gasteiger partial charge in [-0.3, -0.25) is 4.79 Å². The van der Waals surface area contributed by atoms with E-state index in [1.165, 1.54) is 0 Å². The summed E-state index contributed by atoms with van der Waals surface area (Å²) in [7, 11) is 0. The molecule has 0 bridgehead atoms. The first-order valence-electron chi connectivity index (χ1n) is 4.89. The van der Waals surface area contributed by atoms with E-state index in [1.54, 1.807) is 18.7 Å². The Kier molecular flexibility index (Phi) is 7.38. The Morgan fingerprint density at radius 2 is 2.08 bits per heavy atom. The zero-order valence-electron chi connectivity index (χ0n) is 8.75. The smallest absolute Gasteiger partial charge is 0.132 e. The summed E-state index contributed by atoms with van der Waals surface area (Å²) in [6, 6.07) is 0. The lowest BCUT2D eigenvalue weighted by atomic mass is 10.2. The molecule has 0 aromatic rings. The lowest BCUT2D eigenvalue weighted by molar-refractivity contribution is -0.118. The van der Waals surface area contributed by atoms with Gasteiger partial charge >= 0.3 is 0 Å². The van der Waals surface area contributed by atoms with Gasteiger partial charge in [-0.15, -0.1) is 0 Å². The predicted octanol–water partition coefficient (Wildman–Crippen LogP) is 2.25. The Hall–Kier alpha value is -0.0200. The third kappa shape index (κ3) is 7.08. The van der Waals surface area contributed by atoms with Crippen LogP contribution in [0.15, 0.2) is 0 Å². The van der Waals surface area contributed by atoms with E-state index in [9.17, 15) is 9.90 Å². The SMILES string of the molecule is CCC(=O)CCCSC(C)C(C)O. The van der Waals surface area contributed by atoms with Crippen LogP contribution in [0.1, 0.15) is 40.0 Å². The van der Waals surface area contributed by atoms with Gasteiger partial charge in [0.15, 0.2) is 0 Å². The molecular weight excluding hydrogens is 184 g/mol. The molecule has 3 heteroatoms. The van der Waals surface area contributed by atoms with Crippen molar-refractivity contribution in [3.63, 3.8) is 0 Å². The average Bonchev–Trinajstić information content (AvgIpc) is 2.11. The summed E-state index contributed by atoms with van der Waals surface area (Å²) in [5.74, 6) is 1.31. The van der Waals surface area contributed by atoms with Crippen LogP contribution in [-0.2, 0) is 4.79 Å². The van der Waals surface area contributed by atoms with Gasteiger partial charge in [0.05, 0.1) is 6.10 Å². The molecular formula is C10H20O2S. The number of rotatable bonds is 7. The van der Waals surface area contributed by atoms with Crippen LogP contribution >= 0.6 is 11.8 Å². The number of hydrogen-bond acceptors (Lipinski definition) is 3. The maximum absolute atomic E-state index is 10.9. The minimum Gasteiger partial charge on any atom is -0.392 e. The molecule has 0 heterocycles. The molecule has 1 N–H and O–H groups in total. The molecule has 0 saturated heterocycles. The second-order valence-electron chi connectivity index (χ2n) is 3.31. The maximum Gasteiger partial charge on any atom is 0.132 e. The van der Waals surface area contributed by atoms with Gasteiger partial charge in [0.25, 0.3) is 0 Å². The highest BCUT2D eigenvalue weighted by molar-refractivity contribution is 7.99. The minimum absolute atomic E-state index is 0.258. The minimum atomic E-state index is -0.258. The van der Waals surface area contributed by atoms with E-state index in [0.717, 1.165) is 12.2 Å². The van der Waals surface area contributed by atoms with Crippen molar-refractivity contribution in [1.82, 2.24) is 0 Å². The molecule has 2 unspecified atom stereocenters. The monoisotopic (exact) mass is 204 g/mol. The van der Waals surface area contributed by atoms with Gasteiger partial charge in [0.1, 0.15) is 5.78 Å². The number of carbonyl (C=O) groups excluding carboxylic acids is 1. The largest absolute Gasteiger partial charge is 0.392 e. The van der Waals surface area contributed by atoms with E-state index in [2.05, 4.69) is 0 Å². The number of carbonyl (C=O) groups is 1. The van der Waals surface area contributed by atoms with Crippen molar-refractivity contribution in [2.75, 3.05) is 5.75 Å². The molecule has 0 radical (unpaired) electrons. The van der Waals surface area contributed by atoms with Crippen LogP contribution in [0.4, 0.5) is 0 Å². The highest BCUT2D eigenvalue weighted by Crippen LogP contribution is 2.15. The number of ketones is 1. The van der Waals surface area contributed by atoms with Crippen LogP contribution in [-0.4, -0.2) is 28.0 Å². The van der Waals surface area contributed by atoms with E-state index < -0.39 is 0 Å². The molecule has 0 aromatic heterocycles. The molecule has 2 atom stereocenters. The standard InChI is InChI=1S/C10H20O2S/c1-4-10(12)6-5-7-13-9(3)8(2)11/h8-9,11H,4-7H2,1-3H3. The van der Waals surface area contributed by atoms with Crippen LogP contribution < -0.4 is 0 Å². The molecule has 0 aliphatic rings. The second kappa shape index (κ2) is 7.39. The van der Waals surface area contributed by atoms with E-state index in [4.69, 9.17) is 0 Å². The Balaban J connectivity index is 3.30. The van der Waals surface area contributed by atoms with E-state index in [1.807, 2.05) is 13.8 Å². The van der Waals surface area contributed by atoms with Crippen molar-refractivity contribution in [3.05, 3.63) is 0 Å². The molecule has 0 aliphatic heterocycles. The summed E-state index contributed by atoms with van der Waals surface area (Å²) >= 11 is 1.73. The summed E-state index contributed by atoms with van der Waals surface area (Å²) in [6.07, 6.45) is 2.02. The van der Waals surface area contributed by atoms with Crippen molar-refractivity contribution in [1.29, 1.82) is 0 Å². The number of hydrogen-bond donors (Lipinski definition) is 1. The molecule has 2 nitrogen and oxygen atoms in total. The lowest BCUT2D eigenvalue weighted by Gasteiger charge is -2.13. The summed E-state index contributed by atoms with van der Waals surface area (Å²) in [5, 5.41) is 9.46. The molecule has 0 aliphatic carbocycles. The third-order valence-electron chi connectivity index (χ3n) is 2.05. The molecule has 13 heavy (non-hydrogen) atoms. The fraction of sp³-hybridized carbons (Fsp3) is 0.900. The quantitative estimate of drug-likeness (QED) is 0.646. The van der Waals surface area contributed by atoms with E-state index in [-0.39, 0.29) is 11.4 Å². The number of Topliss-reactive ketones (excluding diaryl/α,β-unsaturated/α-hetero) is 1. The third-order valence-corrected chi connectivity index (χ3v) is 3.50. The molecule has 0 amide bonds. The van der Waals surface area contributed by atoms with Crippen molar-refractivity contribution in [2.45, 2.75) is 51.4 Å². The van der Waals surface area contributed by atoms with Crippen molar-refractivity contribution < 1.29 is 9.90 Å². The highest BCUT2D eigenvalue weighted by atomic mass is 32.2. The number of thioether (sulfide) groups is 1. The van der Waals surface area contributed by atoms with Crippen LogP contribution in [0, 0.1) is 0 Å². The number of aliphatic hydroxyl groups excluding tert-OH is 1. The van der Waals surface area contributed by atoms with Gasteiger partial charge in [-0.2, -0.15) is 11.8 Å². The fourth-order valence-corrected chi connectivity index (χ4v) is 1.82. The summed E-state index contributed by atoms with van der Waals surface area (Å²) in [5.41, 5.74) is 0. The highest BCUT2D eigenvalue weighted by Gasteiger charge is 2.08. The Labute approximate surface area is 85.1 Å². The van der Waals surface area contributed by atoms with Crippen molar-refractivity contribution >= 4 is 17.5 Å². The van der Waals surface area contributed by atoms with Gasteiger partial charge in [-0.1, -0.05) is 13.8 Å². The lowest BCUT2D eigenvalue weighted by Crippen LogP contribution is -2.15. The van der Waals surface area contributed by atoms with Gasteiger partial charge in [-0.05, 0) is 19.1 Å². The van der Waals surface area contributed by atoms with Crippen LogP contribution in [0.2, 0.25) is 0 Å². The zero-order valence-corrected chi connectivity index (χ0v) is 9.56. The van der Waals surface area contributed by atoms with Gasteiger partial charge in [-0.25, -0.2) is 0 Å². The van der Waals surface area contributed by atoms with E-state index >= 15 is 0 Å². The summed E-state index contributed by atoms with van der Waals surface area (Å²) < 4.78 is 0. The maximum atomic E-state index is 10.9. The number of aliphatic hydroxyl groups is 1. The Morgan fingerprint density at radius 3 is 2.54 bits per heavy atom. The predicted molar refractivity (Wildman–Crippen MR) is 58.1 cm³/mol. The average molecular weight is 204 g/mol. The molecule has 0 rings (SSSR count). The topological polar surface area (TPSA) is 37.3 Å². The van der Waals surface area contributed by atoms with Crippen LogP contribution in [0.3, 0.4) is 0 Å². The molecule has 78 valence electrons. The summed E-state index contributed by atoms with van der Waals surface area (Å²) in [4.78, 5) is 10.9. The molecule has 0 saturated carbocycles. The first-order chi connectivity index (χ1) is 6.07. The van der Waals surface area contributed by atoms with Gasteiger partial charge in [0, 0.05) is 18.1 Å². The molecule has 0 fully saturated rings. The Bertz CT molecular complexity index is 146. The van der Waals surface area contributed by atoms with Crippen molar-refractivity contribution in [3.8, 4) is 0 Å². The fourth-order valence-electron chi connectivity index (χ4n) is 0.855. The second-order valence-corrected chi connectivity index (χ2v) is 4.80. The van der Waals surface area contributed by atoms with Gasteiger partial charge < -0.3 is 5.11 Å².